The number of amides is 1. The number of aryl methyl sites for hydroxylation is 1. The minimum Gasteiger partial charge on any atom is -0.457 e. The quantitative estimate of drug-likeness (QED) is 0.522. The van der Waals surface area contributed by atoms with Crippen molar-refractivity contribution in [3.63, 3.8) is 0 Å². The fourth-order valence-corrected chi connectivity index (χ4v) is 2.36. The number of hydrogen-bond acceptors (Lipinski definition) is 4. The van der Waals surface area contributed by atoms with Gasteiger partial charge in [-0.15, -0.1) is 0 Å². The van der Waals surface area contributed by atoms with E-state index in [2.05, 4.69) is 5.32 Å². The molecule has 3 aromatic carbocycles. The first-order valence-electron chi connectivity index (χ1n) is 7.92. The molecule has 26 heavy (non-hydrogen) atoms. The van der Waals surface area contributed by atoms with E-state index in [4.69, 9.17) is 4.74 Å². The monoisotopic (exact) mass is 348 g/mol. The summed E-state index contributed by atoms with van der Waals surface area (Å²) in [6.07, 6.45) is 0. The van der Waals surface area contributed by atoms with E-state index in [9.17, 15) is 14.9 Å². The lowest BCUT2D eigenvalue weighted by molar-refractivity contribution is -0.384. The number of carbonyl (C=O) groups is 1. The van der Waals surface area contributed by atoms with Gasteiger partial charge in [0, 0.05) is 23.4 Å². The van der Waals surface area contributed by atoms with Gasteiger partial charge >= 0.3 is 0 Å². The number of carbonyl (C=O) groups excluding carboxylic acids is 1. The molecular weight excluding hydrogens is 332 g/mol. The van der Waals surface area contributed by atoms with Crippen LogP contribution in [0.5, 0.6) is 11.5 Å². The highest BCUT2D eigenvalue weighted by Gasteiger charge is 2.10. The smallest absolute Gasteiger partial charge is 0.269 e. The van der Waals surface area contributed by atoms with Crippen LogP contribution in [0.2, 0.25) is 0 Å². The Morgan fingerprint density at radius 2 is 1.65 bits per heavy atom. The van der Waals surface area contributed by atoms with Gasteiger partial charge in [0.05, 0.1) is 4.92 Å². The highest BCUT2D eigenvalue weighted by Crippen LogP contribution is 2.24. The molecule has 0 atom stereocenters. The molecule has 1 amide bonds. The maximum absolute atomic E-state index is 12.2. The van der Waals surface area contributed by atoms with Crippen LogP contribution in [0.25, 0.3) is 0 Å². The molecule has 0 radical (unpaired) electrons. The fourth-order valence-electron chi connectivity index (χ4n) is 2.36. The predicted octanol–water partition coefficient (Wildman–Crippen LogP) is 4.95. The number of benzene rings is 3. The molecule has 0 aliphatic carbocycles. The summed E-state index contributed by atoms with van der Waals surface area (Å²) in [7, 11) is 0. The molecule has 6 heteroatoms. The first-order chi connectivity index (χ1) is 12.5. The van der Waals surface area contributed by atoms with Gasteiger partial charge in [0.2, 0.25) is 0 Å². The highest BCUT2D eigenvalue weighted by atomic mass is 16.6. The van der Waals surface area contributed by atoms with Gasteiger partial charge in [-0.25, -0.2) is 0 Å². The number of anilines is 1. The zero-order valence-corrected chi connectivity index (χ0v) is 14.0. The van der Waals surface area contributed by atoms with Crippen LogP contribution in [0.4, 0.5) is 11.4 Å². The van der Waals surface area contributed by atoms with E-state index < -0.39 is 4.92 Å². The summed E-state index contributed by atoms with van der Waals surface area (Å²) >= 11 is 0. The lowest BCUT2D eigenvalue weighted by Crippen LogP contribution is -2.11. The summed E-state index contributed by atoms with van der Waals surface area (Å²) in [5.74, 6) is 1.06. The van der Waals surface area contributed by atoms with E-state index in [1.807, 2.05) is 31.2 Å². The van der Waals surface area contributed by atoms with Crippen LogP contribution >= 0.6 is 0 Å². The molecule has 0 saturated heterocycles. The Balaban J connectivity index is 1.65. The molecule has 0 spiro atoms. The van der Waals surface area contributed by atoms with Crippen molar-refractivity contribution in [2.24, 2.45) is 0 Å². The summed E-state index contributed by atoms with van der Waals surface area (Å²) in [6, 6.07) is 20.1. The number of rotatable bonds is 5. The minimum absolute atomic E-state index is 0.0563. The van der Waals surface area contributed by atoms with Crippen molar-refractivity contribution in [3.8, 4) is 11.5 Å². The molecule has 3 aromatic rings. The number of ether oxygens (including phenoxy) is 1. The van der Waals surface area contributed by atoms with Crippen molar-refractivity contribution in [2.45, 2.75) is 6.92 Å². The van der Waals surface area contributed by atoms with Crippen LogP contribution in [0, 0.1) is 17.0 Å². The van der Waals surface area contributed by atoms with E-state index >= 15 is 0 Å². The van der Waals surface area contributed by atoms with E-state index in [-0.39, 0.29) is 11.6 Å². The number of nitro groups is 1. The first-order valence-corrected chi connectivity index (χ1v) is 7.92. The van der Waals surface area contributed by atoms with Gasteiger partial charge in [-0.05, 0) is 61.0 Å². The van der Waals surface area contributed by atoms with Crippen LogP contribution < -0.4 is 10.1 Å². The van der Waals surface area contributed by atoms with Gasteiger partial charge in [-0.3, -0.25) is 14.9 Å². The topological polar surface area (TPSA) is 81.5 Å². The van der Waals surface area contributed by atoms with Crippen LogP contribution in [0.1, 0.15) is 15.9 Å². The van der Waals surface area contributed by atoms with Gasteiger partial charge in [-0.1, -0.05) is 12.1 Å². The Hall–Kier alpha value is -3.67. The van der Waals surface area contributed by atoms with Gasteiger partial charge in [0.15, 0.2) is 0 Å². The predicted molar refractivity (Wildman–Crippen MR) is 98.7 cm³/mol. The van der Waals surface area contributed by atoms with Crippen molar-refractivity contribution in [1.29, 1.82) is 0 Å². The molecule has 0 fully saturated rings. The average Bonchev–Trinajstić information content (AvgIpc) is 2.63. The Labute approximate surface area is 150 Å². The maximum atomic E-state index is 12.2. The van der Waals surface area contributed by atoms with Crippen molar-refractivity contribution >= 4 is 17.3 Å². The largest absolute Gasteiger partial charge is 0.457 e. The van der Waals surface area contributed by atoms with Crippen LogP contribution in [0.15, 0.2) is 72.8 Å². The molecule has 130 valence electrons. The van der Waals surface area contributed by atoms with E-state index in [0.29, 0.717) is 17.0 Å². The standard InChI is InChI=1S/C20H16N2O4/c1-14-3-2-4-19(13-14)26-18-11-7-16(8-12-18)21-20(23)15-5-9-17(10-6-15)22(24)25/h2-13H,1H3,(H,21,23). The Morgan fingerprint density at radius 3 is 2.27 bits per heavy atom. The molecule has 0 aliphatic rings. The van der Waals surface area contributed by atoms with Crippen molar-refractivity contribution < 1.29 is 14.5 Å². The van der Waals surface area contributed by atoms with E-state index in [0.717, 1.165) is 11.3 Å². The SMILES string of the molecule is Cc1cccc(Oc2ccc(NC(=O)c3ccc([N+](=O)[O-])cc3)cc2)c1. The molecule has 6 nitrogen and oxygen atoms in total. The van der Waals surface area contributed by atoms with Crippen molar-refractivity contribution in [3.05, 3.63) is 94.0 Å². The Bertz CT molecular complexity index is 935. The summed E-state index contributed by atoms with van der Waals surface area (Å²) in [6.45, 7) is 1.99. The maximum Gasteiger partial charge on any atom is 0.269 e. The fraction of sp³-hybridized carbons (Fsp3) is 0.0500. The third-order valence-electron chi connectivity index (χ3n) is 3.68. The zero-order chi connectivity index (χ0) is 18.5. The second-order valence-electron chi connectivity index (χ2n) is 5.70. The van der Waals surface area contributed by atoms with Gasteiger partial charge in [0.25, 0.3) is 11.6 Å². The number of hydrogen-bond donors (Lipinski definition) is 1. The number of non-ortho nitro benzene ring substituents is 1. The summed E-state index contributed by atoms with van der Waals surface area (Å²) in [4.78, 5) is 22.3. The van der Waals surface area contributed by atoms with Crippen molar-refractivity contribution in [1.82, 2.24) is 0 Å². The molecule has 1 N–H and O–H groups in total. The van der Waals surface area contributed by atoms with Gasteiger partial charge in [-0.2, -0.15) is 0 Å². The second-order valence-corrected chi connectivity index (χ2v) is 5.70. The van der Waals surface area contributed by atoms with E-state index in [1.54, 1.807) is 24.3 Å². The van der Waals surface area contributed by atoms with Crippen molar-refractivity contribution in [2.75, 3.05) is 5.32 Å². The third kappa shape index (κ3) is 4.24. The molecular formula is C20H16N2O4. The Kier molecular flexibility index (Phi) is 4.94. The highest BCUT2D eigenvalue weighted by molar-refractivity contribution is 6.04. The zero-order valence-electron chi connectivity index (χ0n) is 14.0. The molecule has 0 heterocycles. The number of nitro benzene ring substituents is 1. The van der Waals surface area contributed by atoms with Crippen LogP contribution in [-0.4, -0.2) is 10.8 Å². The molecule has 3 rings (SSSR count). The normalized spacial score (nSPS) is 10.2. The molecule has 0 bridgehead atoms. The lowest BCUT2D eigenvalue weighted by Gasteiger charge is -2.08. The minimum atomic E-state index is -0.505. The first kappa shape index (κ1) is 17.2. The average molecular weight is 348 g/mol. The third-order valence-corrected chi connectivity index (χ3v) is 3.68. The summed E-state index contributed by atoms with van der Waals surface area (Å²) < 4.78 is 5.76. The van der Waals surface area contributed by atoms with E-state index in [1.165, 1.54) is 24.3 Å². The molecule has 0 unspecified atom stereocenters. The molecule has 0 aromatic heterocycles. The van der Waals surface area contributed by atoms with Crippen LogP contribution in [0.3, 0.4) is 0 Å². The Morgan fingerprint density at radius 1 is 0.962 bits per heavy atom. The van der Waals surface area contributed by atoms with Crippen LogP contribution in [-0.2, 0) is 0 Å². The molecule has 0 saturated carbocycles. The number of nitrogens with zero attached hydrogens (tertiary/aromatic N) is 1. The second kappa shape index (κ2) is 7.48. The molecule has 0 aliphatic heterocycles. The van der Waals surface area contributed by atoms with Gasteiger partial charge < -0.3 is 10.1 Å². The summed E-state index contributed by atoms with van der Waals surface area (Å²) in [5.41, 5.74) is 1.99. The summed E-state index contributed by atoms with van der Waals surface area (Å²) in [5, 5.41) is 13.4. The number of nitrogens with one attached hydrogen (secondary N) is 1. The lowest BCUT2D eigenvalue weighted by atomic mass is 10.2. The van der Waals surface area contributed by atoms with Gasteiger partial charge in [0.1, 0.15) is 11.5 Å².